The summed E-state index contributed by atoms with van der Waals surface area (Å²) in [6, 6.07) is 3.35. The van der Waals surface area contributed by atoms with E-state index in [4.69, 9.17) is 4.74 Å². The zero-order valence-corrected chi connectivity index (χ0v) is 19.7. The van der Waals surface area contributed by atoms with E-state index in [1.54, 1.807) is 12.1 Å². The van der Waals surface area contributed by atoms with Crippen LogP contribution in [-0.2, 0) is 0 Å². The Bertz CT molecular complexity index is 682. The van der Waals surface area contributed by atoms with Crippen LogP contribution in [0.3, 0.4) is 0 Å². The fraction of sp³-hybridized carbons (Fsp3) is 0.714. The Morgan fingerprint density at radius 3 is 2.16 bits per heavy atom. The minimum atomic E-state index is -0.841. The smallest absolute Gasteiger partial charge is 0.201 e. The summed E-state index contributed by atoms with van der Waals surface area (Å²) in [5.74, 6) is 1.17. The molecular formula is C28H42F2O. The Morgan fingerprint density at radius 2 is 1.52 bits per heavy atom. The molecule has 1 nitrogen and oxygen atoms in total. The van der Waals surface area contributed by atoms with Crippen LogP contribution >= 0.6 is 0 Å². The van der Waals surface area contributed by atoms with Crippen molar-refractivity contribution in [1.82, 2.24) is 0 Å². The van der Waals surface area contributed by atoms with Crippen molar-refractivity contribution in [2.75, 3.05) is 0 Å². The topological polar surface area (TPSA) is 9.23 Å². The lowest BCUT2D eigenvalue weighted by Crippen LogP contribution is -2.25. The van der Waals surface area contributed by atoms with Gasteiger partial charge in [-0.1, -0.05) is 58.4 Å². The molecule has 2 fully saturated rings. The van der Waals surface area contributed by atoms with Gasteiger partial charge in [-0.15, -0.1) is 0 Å². The molecule has 2 aliphatic carbocycles. The minimum absolute atomic E-state index is 0.00878. The molecule has 3 rings (SSSR count). The lowest BCUT2D eigenvalue weighted by molar-refractivity contribution is 0.156. The predicted molar refractivity (Wildman–Crippen MR) is 125 cm³/mol. The SMILES string of the molecule is CCCCC/C=C/Oc1ccc(C2CCC(C3CCC(CCC)CC3)CC2)c(F)c1F. The van der Waals surface area contributed by atoms with Crippen LogP contribution in [0.1, 0.15) is 115 Å². The predicted octanol–water partition coefficient (Wildman–Crippen LogP) is 9.32. The maximum absolute atomic E-state index is 14.8. The summed E-state index contributed by atoms with van der Waals surface area (Å²) < 4.78 is 34.8. The molecule has 0 radical (unpaired) electrons. The molecule has 0 heterocycles. The molecule has 0 amide bonds. The van der Waals surface area contributed by atoms with E-state index in [2.05, 4.69) is 13.8 Å². The second-order valence-electron chi connectivity index (χ2n) is 9.95. The van der Waals surface area contributed by atoms with Gasteiger partial charge in [0, 0.05) is 0 Å². The molecule has 0 atom stereocenters. The van der Waals surface area contributed by atoms with Crippen molar-refractivity contribution in [2.45, 2.75) is 110 Å². The fourth-order valence-corrected chi connectivity index (χ4v) is 5.91. The Morgan fingerprint density at radius 1 is 0.839 bits per heavy atom. The Balaban J connectivity index is 1.49. The van der Waals surface area contributed by atoms with Gasteiger partial charge in [0.2, 0.25) is 5.82 Å². The summed E-state index contributed by atoms with van der Waals surface area (Å²) in [5, 5.41) is 0. The highest BCUT2D eigenvalue weighted by molar-refractivity contribution is 5.33. The Labute approximate surface area is 188 Å². The van der Waals surface area contributed by atoms with Gasteiger partial charge in [-0.05, 0) is 92.7 Å². The number of benzene rings is 1. The van der Waals surface area contributed by atoms with Crippen LogP contribution in [0.15, 0.2) is 24.5 Å². The third kappa shape index (κ3) is 6.80. The number of halogens is 2. The van der Waals surface area contributed by atoms with Crippen LogP contribution in [0.5, 0.6) is 5.75 Å². The first-order chi connectivity index (χ1) is 15.1. The summed E-state index contributed by atoms with van der Waals surface area (Å²) in [6.07, 6.45) is 20.2. The summed E-state index contributed by atoms with van der Waals surface area (Å²) >= 11 is 0. The van der Waals surface area contributed by atoms with Crippen LogP contribution in [0, 0.1) is 29.4 Å². The van der Waals surface area contributed by atoms with Crippen LogP contribution in [0.25, 0.3) is 0 Å². The van der Waals surface area contributed by atoms with Crippen molar-refractivity contribution >= 4 is 0 Å². The molecule has 1 aromatic carbocycles. The molecule has 0 spiro atoms. The van der Waals surface area contributed by atoms with E-state index in [0.29, 0.717) is 5.56 Å². The first-order valence-corrected chi connectivity index (χ1v) is 12.9. The van der Waals surface area contributed by atoms with Gasteiger partial charge in [-0.3, -0.25) is 0 Å². The van der Waals surface area contributed by atoms with Gasteiger partial charge in [0.25, 0.3) is 0 Å². The first-order valence-electron chi connectivity index (χ1n) is 12.9. The van der Waals surface area contributed by atoms with Gasteiger partial charge in [-0.2, -0.15) is 4.39 Å². The summed E-state index contributed by atoms with van der Waals surface area (Å²) in [6.45, 7) is 4.45. The number of rotatable bonds is 10. The first kappa shape index (κ1) is 24.3. The number of ether oxygens (including phenoxy) is 1. The highest BCUT2D eigenvalue weighted by Crippen LogP contribution is 2.45. The quantitative estimate of drug-likeness (QED) is 0.264. The fourth-order valence-electron chi connectivity index (χ4n) is 5.91. The maximum Gasteiger partial charge on any atom is 0.201 e. The molecule has 0 bridgehead atoms. The zero-order valence-electron chi connectivity index (χ0n) is 19.7. The standard InChI is InChI=1S/C28H42F2O/c1-3-5-6-7-8-20-31-26-19-18-25(27(29)28(26)30)24-16-14-23(15-17-24)22-12-10-21(9-4-2)11-13-22/h8,18-24H,3-7,9-17H2,1-2H3/b20-8+. The molecule has 2 saturated carbocycles. The van der Waals surface area contributed by atoms with E-state index >= 15 is 0 Å². The van der Waals surface area contributed by atoms with Crippen molar-refractivity contribution in [3.63, 3.8) is 0 Å². The normalized spacial score (nSPS) is 27.0. The van der Waals surface area contributed by atoms with Crippen molar-refractivity contribution in [3.8, 4) is 5.75 Å². The summed E-state index contributed by atoms with van der Waals surface area (Å²) in [7, 11) is 0. The van der Waals surface area contributed by atoms with E-state index in [-0.39, 0.29) is 11.7 Å². The van der Waals surface area contributed by atoms with Gasteiger partial charge in [0.05, 0.1) is 6.26 Å². The van der Waals surface area contributed by atoms with E-state index in [1.165, 1.54) is 51.2 Å². The van der Waals surface area contributed by atoms with E-state index < -0.39 is 11.6 Å². The molecule has 0 aliphatic heterocycles. The van der Waals surface area contributed by atoms with Crippen LogP contribution in [0.4, 0.5) is 8.78 Å². The zero-order chi connectivity index (χ0) is 22.1. The largest absolute Gasteiger partial charge is 0.462 e. The monoisotopic (exact) mass is 432 g/mol. The molecule has 3 heteroatoms. The number of allylic oxidation sites excluding steroid dienone is 1. The molecule has 0 unspecified atom stereocenters. The number of unbranched alkanes of at least 4 members (excludes halogenated alkanes) is 3. The van der Waals surface area contributed by atoms with Gasteiger partial charge < -0.3 is 4.74 Å². The second kappa shape index (κ2) is 12.6. The molecule has 31 heavy (non-hydrogen) atoms. The molecule has 0 N–H and O–H groups in total. The summed E-state index contributed by atoms with van der Waals surface area (Å²) in [5.41, 5.74) is 0.543. The lowest BCUT2D eigenvalue weighted by atomic mass is 9.68. The molecule has 2 aliphatic rings. The second-order valence-corrected chi connectivity index (χ2v) is 9.95. The van der Waals surface area contributed by atoms with Crippen LogP contribution in [-0.4, -0.2) is 0 Å². The Kier molecular flexibility index (Phi) is 9.87. The number of hydrogen-bond donors (Lipinski definition) is 0. The average Bonchev–Trinajstić information content (AvgIpc) is 2.80. The van der Waals surface area contributed by atoms with Gasteiger partial charge in [-0.25, -0.2) is 4.39 Å². The van der Waals surface area contributed by atoms with E-state index in [1.807, 2.05) is 6.08 Å². The lowest BCUT2D eigenvalue weighted by Gasteiger charge is -2.38. The van der Waals surface area contributed by atoms with E-state index in [0.717, 1.165) is 62.7 Å². The third-order valence-electron chi connectivity index (χ3n) is 7.81. The molecular weight excluding hydrogens is 390 g/mol. The number of hydrogen-bond acceptors (Lipinski definition) is 1. The van der Waals surface area contributed by atoms with Gasteiger partial charge in [0.1, 0.15) is 0 Å². The molecule has 174 valence electrons. The van der Waals surface area contributed by atoms with Crippen LogP contribution in [0.2, 0.25) is 0 Å². The van der Waals surface area contributed by atoms with Crippen molar-refractivity contribution < 1.29 is 13.5 Å². The summed E-state index contributed by atoms with van der Waals surface area (Å²) in [4.78, 5) is 0. The Hall–Kier alpha value is -1.38. The van der Waals surface area contributed by atoms with Gasteiger partial charge in [0.15, 0.2) is 11.6 Å². The van der Waals surface area contributed by atoms with Crippen molar-refractivity contribution in [1.29, 1.82) is 0 Å². The van der Waals surface area contributed by atoms with Crippen LogP contribution < -0.4 is 4.74 Å². The van der Waals surface area contributed by atoms with Crippen molar-refractivity contribution in [2.24, 2.45) is 17.8 Å². The third-order valence-corrected chi connectivity index (χ3v) is 7.81. The van der Waals surface area contributed by atoms with Gasteiger partial charge >= 0.3 is 0 Å². The minimum Gasteiger partial charge on any atom is -0.462 e. The molecule has 0 saturated heterocycles. The molecule has 0 aromatic heterocycles. The van der Waals surface area contributed by atoms with Crippen molar-refractivity contribution in [3.05, 3.63) is 41.7 Å². The highest BCUT2D eigenvalue weighted by Gasteiger charge is 2.32. The van der Waals surface area contributed by atoms with E-state index in [9.17, 15) is 8.78 Å². The highest BCUT2D eigenvalue weighted by atomic mass is 19.2. The maximum atomic E-state index is 14.8. The average molecular weight is 433 g/mol. The molecule has 1 aromatic rings.